The molecular formula is C9H16OS. The Morgan fingerprint density at radius 2 is 2.36 bits per heavy atom. The largest absolute Gasteiger partial charge is 0.288 e. The van der Waals surface area contributed by atoms with Gasteiger partial charge in [0.1, 0.15) is 0 Å². The van der Waals surface area contributed by atoms with Crippen LogP contribution in [0.2, 0.25) is 0 Å². The average Bonchev–Trinajstić information content (AvgIpc) is 1.97. The predicted octanol–water partition coefficient (Wildman–Crippen LogP) is 2.87. The van der Waals surface area contributed by atoms with E-state index in [4.69, 9.17) is 0 Å². The Morgan fingerprint density at radius 1 is 1.73 bits per heavy atom. The summed E-state index contributed by atoms with van der Waals surface area (Å²) in [5.74, 6) is 1.57. The maximum atomic E-state index is 10.6. The molecule has 0 fully saturated rings. The first-order valence-corrected chi connectivity index (χ1v) is 4.89. The van der Waals surface area contributed by atoms with Gasteiger partial charge in [0.25, 0.3) is 0 Å². The van der Waals surface area contributed by atoms with Gasteiger partial charge in [-0.15, -0.1) is 6.58 Å². The standard InChI is InChI=1S/C9H16OS/c1-4-5-6-8(2)7-11-9(3)10/h4,8H,1,5-7H2,2-3H3. The van der Waals surface area contributed by atoms with Gasteiger partial charge in [0.15, 0.2) is 5.12 Å². The van der Waals surface area contributed by atoms with Crippen molar-refractivity contribution in [1.29, 1.82) is 0 Å². The molecule has 0 spiro atoms. The van der Waals surface area contributed by atoms with Gasteiger partial charge in [-0.1, -0.05) is 24.8 Å². The van der Waals surface area contributed by atoms with Gasteiger partial charge in [-0.3, -0.25) is 4.79 Å². The van der Waals surface area contributed by atoms with Gasteiger partial charge in [-0.25, -0.2) is 0 Å². The third-order valence-electron chi connectivity index (χ3n) is 1.43. The zero-order valence-corrected chi connectivity index (χ0v) is 8.12. The van der Waals surface area contributed by atoms with Crippen molar-refractivity contribution in [2.24, 2.45) is 5.92 Å². The topological polar surface area (TPSA) is 17.1 Å². The Balaban J connectivity index is 3.28. The number of carbonyl (C=O) groups excluding carboxylic acids is 1. The lowest BCUT2D eigenvalue weighted by Crippen LogP contribution is -1.99. The van der Waals surface area contributed by atoms with E-state index in [1.807, 2.05) is 6.08 Å². The van der Waals surface area contributed by atoms with Crippen LogP contribution in [0.25, 0.3) is 0 Å². The van der Waals surface area contributed by atoms with Crippen molar-refractivity contribution in [2.75, 3.05) is 5.75 Å². The first-order valence-electron chi connectivity index (χ1n) is 3.91. The maximum absolute atomic E-state index is 10.6. The second kappa shape index (κ2) is 6.47. The summed E-state index contributed by atoms with van der Waals surface area (Å²) in [5, 5.41) is 0.218. The Hall–Kier alpha value is -0.240. The van der Waals surface area contributed by atoms with E-state index < -0.39 is 0 Å². The van der Waals surface area contributed by atoms with Crippen molar-refractivity contribution in [3.63, 3.8) is 0 Å². The van der Waals surface area contributed by atoms with Gasteiger partial charge in [0.2, 0.25) is 0 Å². The fourth-order valence-corrected chi connectivity index (χ4v) is 1.43. The lowest BCUT2D eigenvalue weighted by atomic mass is 10.1. The van der Waals surface area contributed by atoms with Crippen LogP contribution in [0.3, 0.4) is 0 Å². The molecule has 0 amide bonds. The van der Waals surface area contributed by atoms with E-state index in [-0.39, 0.29) is 5.12 Å². The van der Waals surface area contributed by atoms with E-state index >= 15 is 0 Å². The third kappa shape index (κ3) is 7.66. The summed E-state index contributed by atoms with van der Waals surface area (Å²) in [6, 6.07) is 0. The zero-order chi connectivity index (χ0) is 8.69. The summed E-state index contributed by atoms with van der Waals surface area (Å²) >= 11 is 1.42. The minimum Gasteiger partial charge on any atom is -0.288 e. The molecule has 0 bridgehead atoms. The molecule has 64 valence electrons. The van der Waals surface area contributed by atoms with Crippen LogP contribution >= 0.6 is 11.8 Å². The van der Waals surface area contributed by atoms with E-state index in [2.05, 4.69) is 13.5 Å². The van der Waals surface area contributed by atoms with Crippen LogP contribution in [-0.4, -0.2) is 10.9 Å². The molecule has 0 aliphatic carbocycles. The molecular weight excluding hydrogens is 156 g/mol. The fraction of sp³-hybridized carbons (Fsp3) is 0.667. The van der Waals surface area contributed by atoms with Gasteiger partial charge in [-0.2, -0.15) is 0 Å². The highest BCUT2D eigenvalue weighted by Crippen LogP contribution is 2.13. The zero-order valence-electron chi connectivity index (χ0n) is 7.30. The van der Waals surface area contributed by atoms with Crippen LogP contribution in [0.4, 0.5) is 0 Å². The summed E-state index contributed by atoms with van der Waals surface area (Å²) in [7, 11) is 0. The molecule has 11 heavy (non-hydrogen) atoms. The molecule has 2 heteroatoms. The van der Waals surface area contributed by atoms with Crippen molar-refractivity contribution in [1.82, 2.24) is 0 Å². The average molecular weight is 172 g/mol. The highest BCUT2D eigenvalue weighted by Gasteiger charge is 2.02. The van der Waals surface area contributed by atoms with E-state index in [1.54, 1.807) is 6.92 Å². The van der Waals surface area contributed by atoms with E-state index in [0.29, 0.717) is 5.92 Å². The van der Waals surface area contributed by atoms with Gasteiger partial charge in [-0.05, 0) is 18.8 Å². The Kier molecular flexibility index (Phi) is 6.33. The van der Waals surface area contributed by atoms with Crippen LogP contribution in [0.5, 0.6) is 0 Å². The molecule has 0 heterocycles. The van der Waals surface area contributed by atoms with E-state index in [1.165, 1.54) is 11.8 Å². The molecule has 0 aromatic rings. The smallest absolute Gasteiger partial charge is 0.185 e. The molecule has 0 saturated heterocycles. The molecule has 0 aliphatic heterocycles. The molecule has 0 radical (unpaired) electrons. The van der Waals surface area contributed by atoms with Crippen molar-refractivity contribution in [2.45, 2.75) is 26.7 Å². The van der Waals surface area contributed by atoms with Crippen LogP contribution in [-0.2, 0) is 4.79 Å². The Bertz CT molecular complexity index is 132. The maximum Gasteiger partial charge on any atom is 0.185 e. The first kappa shape index (κ1) is 10.8. The minimum atomic E-state index is 0.218. The summed E-state index contributed by atoms with van der Waals surface area (Å²) in [6.45, 7) is 7.44. The Morgan fingerprint density at radius 3 is 2.82 bits per heavy atom. The van der Waals surface area contributed by atoms with Crippen LogP contribution in [0, 0.1) is 5.92 Å². The number of allylic oxidation sites excluding steroid dienone is 1. The molecule has 1 unspecified atom stereocenters. The molecule has 0 N–H and O–H groups in total. The van der Waals surface area contributed by atoms with Crippen molar-refractivity contribution >= 4 is 16.9 Å². The molecule has 0 aliphatic rings. The first-order chi connectivity index (χ1) is 5.16. The highest BCUT2D eigenvalue weighted by molar-refractivity contribution is 8.13. The highest BCUT2D eigenvalue weighted by atomic mass is 32.2. The van der Waals surface area contributed by atoms with Crippen molar-refractivity contribution in [3.8, 4) is 0 Å². The molecule has 1 nitrogen and oxygen atoms in total. The second-order valence-corrected chi connectivity index (χ2v) is 3.97. The lowest BCUT2D eigenvalue weighted by Gasteiger charge is -2.06. The van der Waals surface area contributed by atoms with Crippen molar-refractivity contribution in [3.05, 3.63) is 12.7 Å². The van der Waals surface area contributed by atoms with Crippen LogP contribution < -0.4 is 0 Å². The van der Waals surface area contributed by atoms with E-state index in [9.17, 15) is 4.79 Å². The molecule has 0 aromatic carbocycles. The lowest BCUT2D eigenvalue weighted by molar-refractivity contribution is -0.109. The molecule has 0 aromatic heterocycles. The molecule has 1 atom stereocenters. The number of hydrogen-bond donors (Lipinski definition) is 0. The SMILES string of the molecule is C=CCCC(C)CSC(C)=O. The van der Waals surface area contributed by atoms with Gasteiger partial charge < -0.3 is 0 Å². The van der Waals surface area contributed by atoms with Crippen molar-refractivity contribution < 1.29 is 4.79 Å². The fourth-order valence-electron chi connectivity index (χ4n) is 0.745. The number of hydrogen-bond acceptors (Lipinski definition) is 2. The Labute approximate surface area is 73.3 Å². The number of rotatable bonds is 5. The van der Waals surface area contributed by atoms with E-state index in [0.717, 1.165) is 18.6 Å². The number of thioether (sulfide) groups is 1. The normalized spacial score (nSPS) is 12.5. The third-order valence-corrected chi connectivity index (χ3v) is 2.58. The monoisotopic (exact) mass is 172 g/mol. The summed E-state index contributed by atoms with van der Waals surface area (Å²) in [6.07, 6.45) is 4.12. The second-order valence-electron chi connectivity index (χ2n) is 2.77. The minimum absolute atomic E-state index is 0.218. The van der Waals surface area contributed by atoms with Gasteiger partial charge in [0, 0.05) is 12.7 Å². The summed E-state index contributed by atoms with van der Waals surface area (Å²) in [4.78, 5) is 10.6. The summed E-state index contributed by atoms with van der Waals surface area (Å²) < 4.78 is 0. The quantitative estimate of drug-likeness (QED) is 0.593. The molecule has 0 saturated carbocycles. The van der Waals surface area contributed by atoms with Gasteiger partial charge >= 0.3 is 0 Å². The summed E-state index contributed by atoms with van der Waals surface area (Å²) in [5.41, 5.74) is 0. The number of carbonyl (C=O) groups is 1. The van der Waals surface area contributed by atoms with Crippen LogP contribution in [0.15, 0.2) is 12.7 Å². The predicted molar refractivity (Wildman–Crippen MR) is 51.7 cm³/mol. The van der Waals surface area contributed by atoms with Crippen LogP contribution in [0.1, 0.15) is 26.7 Å². The molecule has 0 rings (SSSR count). The van der Waals surface area contributed by atoms with Gasteiger partial charge in [0.05, 0.1) is 0 Å².